The first-order valence-electron chi connectivity index (χ1n) is 37.7. The van der Waals surface area contributed by atoms with Gasteiger partial charge in [0, 0.05) is 65.4 Å². The van der Waals surface area contributed by atoms with Gasteiger partial charge in [-0.1, -0.05) is 132 Å². The summed E-state index contributed by atoms with van der Waals surface area (Å²) in [6, 6.07) is 66.2. The Labute approximate surface area is 663 Å². The van der Waals surface area contributed by atoms with Gasteiger partial charge in [-0.25, -0.2) is 24.3 Å². The minimum absolute atomic E-state index is 0.0318. The van der Waals surface area contributed by atoms with E-state index in [2.05, 4.69) is 89.1 Å². The minimum atomic E-state index is -4.49. The van der Waals surface area contributed by atoms with Gasteiger partial charge in [0.25, 0.3) is 0 Å². The Bertz CT molecular complexity index is 6470. The third-order valence-electron chi connectivity index (χ3n) is 20.8. The summed E-state index contributed by atoms with van der Waals surface area (Å²) < 4.78 is 95.3. The summed E-state index contributed by atoms with van der Waals surface area (Å²) in [7, 11) is 0. The monoisotopic (exact) mass is 1580 g/mol. The first kappa shape index (κ1) is 74.7. The molecule has 3 aliphatic carbocycles. The number of alkyl halides is 6. The quantitative estimate of drug-likeness (QED) is 0.0533. The van der Waals surface area contributed by atoms with Gasteiger partial charge in [0.15, 0.2) is 23.3 Å². The molecular weight excluding hydrogens is 1510 g/mol. The van der Waals surface area contributed by atoms with Crippen molar-refractivity contribution in [1.29, 1.82) is 0 Å². The average Bonchev–Trinajstić information content (AvgIpc) is 1.73. The van der Waals surface area contributed by atoms with Crippen LogP contribution in [0.3, 0.4) is 0 Å². The van der Waals surface area contributed by atoms with Crippen LogP contribution < -0.4 is 21.3 Å². The van der Waals surface area contributed by atoms with Gasteiger partial charge in [-0.3, -0.25) is 25.4 Å². The molecule has 3 aliphatic rings. The molecule has 574 valence electrons. The van der Waals surface area contributed by atoms with Crippen molar-refractivity contribution >= 4 is 124 Å². The summed E-state index contributed by atoms with van der Waals surface area (Å²) in [6.45, 7) is 0. The van der Waals surface area contributed by atoms with Crippen molar-refractivity contribution in [3.8, 4) is 45.0 Å². The molecule has 0 fully saturated rings. The zero-order chi connectivity index (χ0) is 78.7. The van der Waals surface area contributed by atoms with E-state index in [1.807, 2.05) is 140 Å². The Morgan fingerprint density at radius 1 is 0.304 bits per heavy atom. The molecule has 17 aromatic rings. The molecule has 9 aromatic heterocycles. The van der Waals surface area contributed by atoms with Gasteiger partial charge in [-0.15, -0.1) is 0 Å². The molecule has 0 radical (unpaired) electrons. The predicted molar refractivity (Wildman–Crippen MR) is 441 cm³/mol. The number of pyridine rings is 5. The van der Waals surface area contributed by atoms with E-state index < -0.39 is 29.3 Å². The van der Waals surface area contributed by atoms with Crippen LogP contribution in [0.15, 0.2) is 231 Å². The number of hydrogen-bond acceptors (Lipinski definition) is 13. The highest BCUT2D eigenvalue weighted by atomic mass is 35.5. The number of anilines is 8. The van der Waals surface area contributed by atoms with Gasteiger partial charge in [0.2, 0.25) is 0 Å². The third-order valence-corrected chi connectivity index (χ3v) is 21.5. The molecule has 0 spiro atoms. The first-order chi connectivity index (χ1) is 56.0. The molecular formula is C89H70Cl2F7N17. The largest absolute Gasteiger partial charge is 0.417 e. The lowest BCUT2D eigenvalue weighted by atomic mass is 9.90. The molecule has 8 aromatic carbocycles. The molecule has 0 saturated carbocycles. The minimum Gasteiger partial charge on any atom is -0.323 e. The van der Waals surface area contributed by atoms with Gasteiger partial charge in [0.1, 0.15) is 29.1 Å². The number of benzene rings is 8. The Kier molecular flexibility index (Phi) is 20.9. The Morgan fingerprint density at radius 3 is 1.06 bits per heavy atom. The van der Waals surface area contributed by atoms with Crippen molar-refractivity contribution in [3.05, 3.63) is 291 Å². The lowest BCUT2D eigenvalue weighted by Gasteiger charge is -2.21. The van der Waals surface area contributed by atoms with Crippen molar-refractivity contribution in [2.75, 3.05) is 21.3 Å². The normalized spacial score (nSPS) is 13.2. The van der Waals surface area contributed by atoms with E-state index in [4.69, 9.17) is 33.2 Å². The van der Waals surface area contributed by atoms with Crippen LogP contribution in [0.1, 0.15) is 83.0 Å². The zero-order valence-corrected chi connectivity index (χ0v) is 62.9. The molecule has 0 unspecified atom stereocenters. The number of nitrogens with zero attached hydrogens (tertiary/aromatic N) is 9. The molecule has 0 atom stereocenters. The zero-order valence-electron chi connectivity index (χ0n) is 61.4. The smallest absolute Gasteiger partial charge is 0.323 e. The van der Waals surface area contributed by atoms with Crippen LogP contribution in [0.4, 0.5) is 77.3 Å². The summed E-state index contributed by atoms with van der Waals surface area (Å²) in [4.78, 5) is 23.5. The number of hydrogen-bond donors (Lipinski definition) is 8. The highest BCUT2D eigenvalue weighted by Crippen LogP contribution is 2.44. The Morgan fingerprint density at radius 2 is 0.635 bits per heavy atom. The predicted octanol–water partition coefficient (Wildman–Crippen LogP) is 24.1. The molecule has 0 saturated heterocycles. The number of aromatic nitrogens is 13. The summed E-state index contributed by atoms with van der Waals surface area (Å²) in [6.07, 6.45) is 4.54. The van der Waals surface area contributed by atoms with E-state index in [-0.39, 0.29) is 16.8 Å². The van der Waals surface area contributed by atoms with Crippen molar-refractivity contribution in [1.82, 2.24) is 65.7 Å². The second kappa shape index (κ2) is 32.2. The molecule has 0 bridgehead atoms. The van der Waals surface area contributed by atoms with E-state index in [9.17, 15) is 30.7 Å². The Balaban J connectivity index is 0.000000111. The van der Waals surface area contributed by atoms with E-state index >= 15 is 0 Å². The van der Waals surface area contributed by atoms with Gasteiger partial charge < -0.3 is 21.3 Å². The van der Waals surface area contributed by atoms with Gasteiger partial charge in [-0.2, -0.15) is 46.7 Å². The van der Waals surface area contributed by atoms with Crippen LogP contribution >= 0.6 is 23.2 Å². The lowest BCUT2D eigenvalue weighted by molar-refractivity contribution is -0.137. The molecule has 115 heavy (non-hydrogen) atoms. The van der Waals surface area contributed by atoms with E-state index in [1.54, 1.807) is 30.5 Å². The number of aromatic amines is 4. The maximum Gasteiger partial charge on any atom is 0.417 e. The molecule has 17 nitrogen and oxygen atoms in total. The average molecular weight is 1580 g/mol. The molecule has 9 heterocycles. The van der Waals surface area contributed by atoms with E-state index in [1.165, 1.54) is 60.4 Å². The topological polar surface area (TPSA) is 227 Å². The van der Waals surface area contributed by atoms with Gasteiger partial charge >= 0.3 is 12.4 Å². The summed E-state index contributed by atoms with van der Waals surface area (Å²) in [5.41, 5.74) is 13.8. The SMILES string of the molecule is Clc1ccccc1-c1cc2c(c(Nc3n[nH]c4ccccc34)n1)CCCC2.Clc1ccccc1-c1cc2ncccc2c(Nc2n[nH]c3ccccc23)n1.FC(F)(F)c1ccccc1-c1cc2c(c(Nc3n[nH]c4ccccc34)n1)CCCC2.Fc1ccc2[nH]nc(Nc3nc(-c4ccccc4C(F)(F)F)cc4c3CCCC4)c2c1. The van der Waals surface area contributed by atoms with Crippen LogP contribution in [0.2, 0.25) is 10.0 Å². The number of nitrogens with one attached hydrogen (secondary N) is 8. The lowest BCUT2D eigenvalue weighted by Crippen LogP contribution is -2.11. The number of H-pyrrole nitrogens is 4. The summed E-state index contributed by atoms with van der Waals surface area (Å²) in [5, 5.41) is 48.4. The van der Waals surface area contributed by atoms with E-state index in [0.717, 1.165) is 187 Å². The number of rotatable bonds is 12. The number of fused-ring (bicyclic) bond motifs is 8. The second-order valence-electron chi connectivity index (χ2n) is 28.2. The molecule has 26 heteroatoms. The Hall–Kier alpha value is -13.1. The number of aryl methyl sites for hydroxylation is 3. The van der Waals surface area contributed by atoms with Crippen molar-refractivity contribution in [3.63, 3.8) is 0 Å². The van der Waals surface area contributed by atoms with Crippen LogP contribution in [0, 0.1) is 5.82 Å². The maximum absolute atomic E-state index is 13.8. The van der Waals surface area contributed by atoms with Crippen molar-refractivity contribution < 1.29 is 30.7 Å². The fraction of sp³-hybridized carbons (Fsp3) is 0.157. The number of halogens is 9. The van der Waals surface area contributed by atoms with Gasteiger partial charge in [0.05, 0.1) is 61.5 Å². The highest BCUT2D eigenvalue weighted by Gasteiger charge is 2.36. The van der Waals surface area contributed by atoms with Crippen molar-refractivity contribution in [2.24, 2.45) is 0 Å². The molecule has 0 aliphatic heterocycles. The third kappa shape index (κ3) is 15.9. The fourth-order valence-electron chi connectivity index (χ4n) is 15.2. The fourth-order valence-corrected chi connectivity index (χ4v) is 15.7. The van der Waals surface area contributed by atoms with Crippen LogP contribution in [-0.4, -0.2) is 65.7 Å². The van der Waals surface area contributed by atoms with E-state index in [0.29, 0.717) is 50.7 Å². The summed E-state index contributed by atoms with van der Waals surface area (Å²) >= 11 is 12.8. The summed E-state index contributed by atoms with van der Waals surface area (Å²) in [5.74, 6) is 4.75. The van der Waals surface area contributed by atoms with Crippen LogP contribution in [0.5, 0.6) is 0 Å². The highest BCUT2D eigenvalue weighted by molar-refractivity contribution is 6.33. The first-order valence-corrected chi connectivity index (χ1v) is 38.4. The maximum atomic E-state index is 13.8. The standard InChI is InChI=1S/C23H18F4N4.C23H19F3N4.C22H19ClN4.C21H14ClN5/c24-14-9-10-19-17(12-14)22(31-30-19)29-21-15-6-2-1-5-13(15)11-20(28-21)16-7-3-4-8-18(16)23(25,26)27;24-23(25,26)18-11-5-3-9-16(18)20-13-14-7-1-2-8-15(14)21(27-20)28-22-17-10-4-6-12-19(17)29-30-22;23-18-11-5-3-9-16(18)20-13-14-7-1-2-8-15(14)21(24-20)25-22-17-10-4-6-12-19(17)26-27-22;22-16-9-3-1-6-13(16)19-12-18-15(8-5-11-23-18)20(24-19)25-21-14-7-2-4-10-17(14)26-27-21/h3-4,7-12H,1-2,5-6H2,(H2,28,29,30,31);3-6,9-13H,1-2,7-8H2,(H2,27,28,29,30);3-6,9-13H,1-2,7-8H2,(H2,24,25,26,27);1-12H,(H2,24,25,26,27). The van der Waals surface area contributed by atoms with Crippen LogP contribution in [0.25, 0.3) is 99.5 Å². The second-order valence-corrected chi connectivity index (χ2v) is 29.0. The van der Waals surface area contributed by atoms with Gasteiger partial charge in [-0.05, 0) is 226 Å². The van der Waals surface area contributed by atoms with Crippen molar-refractivity contribution in [2.45, 2.75) is 89.4 Å². The molecule has 8 N–H and O–H groups in total. The van der Waals surface area contributed by atoms with Crippen LogP contribution in [-0.2, 0) is 50.9 Å². The number of para-hydroxylation sites is 3. The molecule has 0 amide bonds. The molecule has 20 rings (SSSR count).